The van der Waals surface area contributed by atoms with Crippen LogP contribution < -0.4 is 5.32 Å². The first-order valence-electron chi connectivity index (χ1n) is 6.61. The Morgan fingerprint density at radius 3 is 2.78 bits per heavy atom. The first-order chi connectivity index (χ1) is 8.63. The number of nitrogens with one attached hydrogen (secondary N) is 1. The van der Waals surface area contributed by atoms with Gasteiger partial charge in [-0.2, -0.15) is 0 Å². The lowest BCUT2D eigenvalue weighted by Crippen LogP contribution is -2.36. The minimum Gasteiger partial charge on any atom is -0.369 e. The molecular weight excluding hydrogens is 292 g/mol. The molecule has 100 valence electrons. The van der Waals surface area contributed by atoms with Crippen molar-refractivity contribution < 1.29 is 0 Å². The van der Waals surface area contributed by atoms with Crippen LogP contribution in [0.1, 0.15) is 25.6 Å². The Balaban J connectivity index is 1.74. The monoisotopic (exact) mass is 312 g/mol. The van der Waals surface area contributed by atoms with E-state index < -0.39 is 0 Å². The maximum absolute atomic E-state index is 4.36. The van der Waals surface area contributed by atoms with Crippen LogP contribution in [-0.4, -0.2) is 41.0 Å². The number of piperidine rings is 1. The van der Waals surface area contributed by atoms with Gasteiger partial charge in [-0.05, 0) is 54.7 Å². The highest BCUT2D eigenvalue weighted by atomic mass is 79.9. The number of halogens is 1. The topological polar surface area (TPSA) is 41.1 Å². The molecule has 1 aliphatic heterocycles. The van der Waals surface area contributed by atoms with E-state index in [1.807, 2.05) is 13.0 Å². The molecule has 0 bridgehead atoms. The molecule has 0 atom stereocenters. The third kappa shape index (κ3) is 4.21. The van der Waals surface area contributed by atoms with Gasteiger partial charge in [0.2, 0.25) is 0 Å². The van der Waals surface area contributed by atoms with Crippen molar-refractivity contribution in [2.45, 2.75) is 26.7 Å². The predicted octanol–water partition coefficient (Wildman–Crippen LogP) is 2.69. The Bertz CT molecular complexity index is 368. The molecule has 1 aliphatic rings. The standard InChI is InChI=1S/C13H21BrN4/c1-10-3-6-18(7-4-10)8-5-15-13-9-12(14)16-11(2)17-13/h9-10H,3-8H2,1-2H3,(H,15,16,17). The van der Waals surface area contributed by atoms with Crippen LogP contribution in [0.4, 0.5) is 5.82 Å². The van der Waals surface area contributed by atoms with Gasteiger partial charge in [0.25, 0.3) is 0 Å². The second kappa shape index (κ2) is 6.48. The highest BCUT2D eigenvalue weighted by Crippen LogP contribution is 2.16. The summed E-state index contributed by atoms with van der Waals surface area (Å²) < 4.78 is 0.837. The molecule has 1 fully saturated rings. The molecule has 4 nitrogen and oxygen atoms in total. The fraction of sp³-hybridized carbons (Fsp3) is 0.692. The third-order valence-electron chi connectivity index (χ3n) is 3.42. The fourth-order valence-corrected chi connectivity index (χ4v) is 2.72. The van der Waals surface area contributed by atoms with Crippen LogP contribution in [0, 0.1) is 12.8 Å². The molecule has 2 rings (SSSR count). The van der Waals surface area contributed by atoms with Crippen LogP contribution in [0.15, 0.2) is 10.7 Å². The largest absolute Gasteiger partial charge is 0.369 e. The summed E-state index contributed by atoms with van der Waals surface area (Å²) in [7, 11) is 0. The van der Waals surface area contributed by atoms with Gasteiger partial charge in [0, 0.05) is 19.2 Å². The van der Waals surface area contributed by atoms with Gasteiger partial charge in [-0.1, -0.05) is 6.92 Å². The minimum atomic E-state index is 0.790. The first kappa shape index (κ1) is 13.7. The molecule has 1 aromatic heterocycles. The molecule has 5 heteroatoms. The lowest BCUT2D eigenvalue weighted by Gasteiger charge is -2.30. The lowest BCUT2D eigenvalue weighted by atomic mass is 9.99. The van der Waals surface area contributed by atoms with E-state index in [4.69, 9.17) is 0 Å². The number of hydrogen-bond acceptors (Lipinski definition) is 4. The molecule has 0 spiro atoms. The lowest BCUT2D eigenvalue weighted by molar-refractivity contribution is 0.199. The summed E-state index contributed by atoms with van der Waals surface area (Å²) in [5, 5.41) is 3.36. The van der Waals surface area contributed by atoms with Crippen molar-refractivity contribution in [3.63, 3.8) is 0 Å². The number of likely N-dealkylation sites (tertiary alicyclic amines) is 1. The molecule has 1 N–H and O–H groups in total. The second-order valence-corrected chi connectivity index (χ2v) is 5.89. The van der Waals surface area contributed by atoms with Crippen LogP contribution in [0.2, 0.25) is 0 Å². The summed E-state index contributed by atoms with van der Waals surface area (Å²) in [5.74, 6) is 2.59. The van der Waals surface area contributed by atoms with Crippen molar-refractivity contribution in [1.82, 2.24) is 14.9 Å². The Morgan fingerprint density at radius 2 is 2.11 bits per heavy atom. The number of anilines is 1. The van der Waals surface area contributed by atoms with Gasteiger partial charge in [0.15, 0.2) is 0 Å². The highest BCUT2D eigenvalue weighted by Gasteiger charge is 2.14. The van der Waals surface area contributed by atoms with E-state index in [-0.39, 0.29) is 0 Å². The number of hydrogen-bond donors (Lipinski definition) is 1. The van der Waals surface area contributed by atoms with Crippen LogP contribution in [-0.2, 0) is 0 Å². The Kier molecular flexibility index (Phi) is 4.95. The zero-order valence-corrected chi connectivity index (χ0v) is 12.7. The minimum absolute atomic E-state index is 0.790. The molecule has 0 radical (unpaired) electrons. The van der Waals surface area contributed by atoms with E-state index in [1.54, 1.807) is 0 Å². The number of rotatable bonds is 4. The zero-order chi connectivity index (χ0) is 13.0. The smallest absolute Gasteiger partial charge is 0.130 e. The van der Waals surface area contributed by atoms with Crippen LogP contribution in [0.3, 0.4) is 0 Å². The average Bonchev–Trinajstić information content (AvgIpc) is 2.30. The Morgan fingerprint density at radius 1 is 1.39 bits per heavy atom. The summed E-state index contributed by atoms with van der Waals surface area (Å²) >= 11 is 3.39. The van der Waals surface area contributed by atoms with E-state index in [9.17, 15) is 0 Å². The van der Waals surface area contributed by atoms with Gasteiger partial charge in [-0.25, -0.2) is 9.97 Å². The molecule has 0 aliphatic carbocycles. The first-order valence-corrected chi connectivity index (χ1v) is 7.40. The van der Waals surface area contributed by atoms with Crippen molar-refractivity contribution in [2.75, 3.05) is 31.5 Å². The number of nitrogens with zero attached hydrogens (tertiary/aromatic N) is 3. The third-order valence-corrected chi connectivity index (χ3v) is 3.82. The molecular formula is C13H21BrN4. The summed E-state index contributed by atoms with van der Waals surface area (Å²) in [6.07, 6.45) is 2.66. The summed E-state index contributed by atoms with van der Waals surface area (Å²) in [5.41, 5.74) is 0. The normalized spacial score (nSPS) is 17.9. The van der Waals surface area contributed by atoms with Crippen molar-refractivity contribution in [2.24, 2.45) is 5.92 Å². The van der Waals surface area contributed by atoms with E-state index in [0.717, 1.165) is 35.3 Å². The van der Waals surface area contributed by atoms with Crippen molar-refractivity contribution >= 4 is 21.7 Å². The summed E-state index contributed by atoms with van der Waals surface area (Å²) in [4.78, 5) is 11.1. The van der Waals surface area contributed by atoms with Crippen molar-refractivity contribution in [3.05, 3.63) is 16.5 Å². The van der Waals surface area contributed by atoms with Gasteiger partial charge in [-0.3, -0.25) is 0 Å². The molecule has 0 aromatic carbocycles. The van der Waals surface area contributed by atoms with E-state index >= 15 is 0 Å². The molecule has 1 saturated heterocycles. The van der Waals surface area contributed by atoms with Crippen molar-refractivity contribution in [1.29, 1.82) is 0 Å². The Hall–Kier alpha value is -0.680. The zero-order valence-electron chi connectivity index (χ0n) is 11.1. The van der Waals surface area contributed by atoms with Gasteiger partial charge >= 0.3 is 0 Å². The van der Waals surface area contributed by atoms with Crippen LogP contribution in [0.5, 0.6) is 0 Å². The highest BCUT2D eigenvalue weighted by molar-refractivity contribution is 9.10. The summed E-state index contributed by atoms with van der Waals surface area (Å²) in [6.45, 7) is 8.74. The van der Waals surface area contributed by atoms with Gasteiger partial charge in [-0.15, -0.1) is 0 Å². The van der Waals surface area contributed by atoms with Gasteiger partial charge in [0.1, 0.15) is 16.2 Å². The fourth-order valence-electron chi connectivity index (χ4n) is 2.25. The summed E-state index contributed by atoms with van der Waals surface area (Å²) in [6, 6.07) is 1.92. The Labute approximate surface area is 117 Å². The van der Waals surface area contributed by atoms with Crippen molar-refractivity contribution in [3.8, 4) is 0 Å². The molecule has 0 unspecified atom stereocenters. The number of aryl methyl sites for hydroxylation is 1. The SMILES string of the molecule is Cc1nc(Br)cc(NCCN2CCC(C)CC2)n1. The van der Waals surface area contributed by atoms with E-state index in [2.05, 4.69) is 43.0 Å². The molecule has 1 aromatic rings. The quantitative estimate of drug-likeness (QED) is 0.868. The van der Waals surface area contributed by atoms with Crippen LogP contribution in [0.25, 0.3) is 0 Å². The molecule has 18 heavy (non-hydrogen) atoms. The van der Waals surface area contributed by atoms with E-state index in [0.29, 0.717) is 0 Å². The predicted molar refractivity (Wildman–Crippen MR) is 77.8 cm³/mol. The second-order valence-electron chi connectivity index (χ2n) is 5.07. The van der Waals surface area contributed by atoms with E-state index in [1.165, 1.54) is 25.9 Å². The average molecular weight is 313 g/mol. The molecule has 0 saturated carbocycles. The van der Waals surface area contributed by atoms with Gasteiger partial charge in [0.05, 0.1) is 0 Å². The van der Waals surface area contributed by atoms with Gasteiger partial charge < -0.3 is 10.2 Å². The maximum atomic E-state index is 4.36. The van der Waals surface area contributed by atoms with Crippen LogP contribution >= 0.6 is 15.9 Å². The maximum Gasteiger partial charge on any atom is 0.130 e. The number of aromatic nitrogens is 2. The molecule has 0 amide bonds. The molecule has 2 heterocycles.